The lowest BCUT2D eigenvalue weighted by atomic mass is 9.95. The monoisotopic (exact) mass is 259 g/mol. The van der Waals surface area contributed by atoms with Crippen molar-refractivity contribution in [2.45, 2.75) is 19.4 Å². The molecule has 1 heterocycles. The average molecular weight is 260 g/mol. The summed E-state index contributed by atoms with van der Waals surface area (Å²) in [5.74, 6) is 0.371. The van der Waals surface area contributed by atoms with Crippen LogP contribution >= 0.6 is 12.4 Å². The van der Waals surface area contributed by atoms with Gasteiger partial charge in [-0.05, 0) is 13.0 Å². The number of hydrogen-bond acceptors (Lipinski definition) is 5. The van der Waals surface area contributed by atoms with E-state index in [1.165, 1.54) is 0 Å². The fourth-order valence-corrected chi connectivity index (χ4v) is 2.02. The number of ether oxygens (including phenoxy) is 1. The van der Waals surface area contributed by atoms with E-state index in [-0.39, 0.29) is 24.1 Å². The molecule has 0 spiro atoms. The number of hydrogen-bond donors (Lipinski definition) is 2. The van der Waals surface area contributed by atoms with Crippen molar-refractivity contribution in [3.63, 3.8) is 0 Å². The molecule has 1 atom stereocenters. The van der Waals surface area contributed by atoms with Crippen LogP contribution in [0.1, 0.15) is 23.6 Å². The van der Waals surface area contributed by atoms with Crippen molar-refractivity contribution in [3.8, 4) is 5.75 Å². The molecule has 1 aliphatic heterocycles. The van der Waals surface area contributed by atoms with Gasteiger partial charge in [-0.3, -0.25) is 10.1 Å². The number of nitro benzene ring substituents is 1. The molecule has 0 unspecified atom stereocenters. The zero-order chi connectivity index (χ0) is 11.9. The Morgan fingerprint density at radius 2 is 2.24 bits per heavy atom. The van der Waals surface area contributed by atoms with Crippen molar-refractivity contribution in [2.75, 3.05) is 12.3 Å². The van der Waals surface area contributed by atoms with Crippen molar-refractivity contribution in [1.82, 2.24) is 0 Å². The van der Waals surface area contributed by atoms with Crippen LogP contribution in [0.15, 0.2) is 6.07 Å². The molecule has 0 radical (unpaired) electrons. The summed E-state index contributed by atoms with van der Waals surface area (Å²) in [6.45, 7) is 2.09. The van der Waals surface area contributed by atoms with Gasteiger partial charge >= 0.3 is 0 Å². The van der Waals surface area contributed by atoms with E-state index in [1.807, 2.05) is 0 Å². The average Bonchev–Trinajstić information content (AvgIpc) is 2.19. The summed E-state index contributed by atoms with van der Waals surface area (Å²) in [6.07, 6.45) is 0.566. The molecule has 0 amide bonds. The Kier molecular flexibility index (Phi) is 3.79. The van der Waals surface area contributed by atoms with E-state index in [0.29, 0.717) is 35.6 Å². The Morgan fingerprint density at radius 3 is 2.82 bits per heavy atom. The van der Waals surface area contributed by atoms with Gasteiger partial charge in [0.15, 0.2) is 5.75 Å². The zero-order valence-electron chi connectivity index (χ0n) is 9.30. The molecule has 0 aromatic heterocycles. The minimum atomic E-state index is -0.428. The van der Waals surface area contributed by atoms with Crippen LogP contribution in [0.4, 0.5) is 11.4 Å². The molecule has 2 rings (SSSR count). The first-order valence-electron chi connectivity index (χ1n) is 4.98. The Balaban J connectivity index is 0.00000144. The molecule has 0 saturated heterocycles. The lowest BCUT2D eigenvalue weighted by Crippen LogP contribution is -2.23. The summed E-state index contributed by atoms with van der Waals surface area (Å²) >= 11 is 0. The maximum absolute atomic E-state index is 11.0. The maximum atomic E-state index is 11.0. The number of nitrogen functional groups attached to an aromatic ring is 1. The largest absolute Gasteiger partial charge is 0.491 e. The minimum absolute atomic E-state index is 0. The third kappa shape index (κ3) is 2.13. The Morgan fingerprint density at radius 1 is 1.59 bits per heavy atom. The van der Waals surface area contributed by atoms with Gasteiger partial charge in [-0.25, -0.2) is 0 Å². The second kappa shape index (κ2) is 4.77. The van der Waals surface area contributed by atoms with E-state index in [1.54, 1.807) is 13.0 Å². The van der Waals surface area contributed by atoms with Crippen LogP contribution in [-0.2, 0) is 0 Å². The number of nitrogens with two attached hydrogens (primary N) is 2. The summed E-state index contributed by atoms with van der Waals surface area (Å²) in [6, 6.07) is 1.17. The fraction of sp³-hybridized carbons (Fsp3) is 0.400. The highest BCUT2D eigenvalue weighted by Gasteiger charge is 2.31. The number of benzene rings is 1. The SMILES string of the molecule is Cc1cc(N)c2c(c1[N+](=O)[O-])[C@@H](N)CCO2.Cl. The van der Waals surface area contributed by atoms with Gasteiger partial charge in [0, 0.05) is 18.0 Å². The van der Waals surface area contributed by atoms with Gasteiger partial charge < -0.3 is 16.2 Å². The lowest BCUT2D eigenvalue weighted by Gasteiger charge is -2.24. The molecule has 4 N–H and O–H groups in total. The molecule has 1 aliphatic rings. The number of nitrogens with zero attached hydrogens (tertiary/aromatic N) is 1. The highest BCUT2D eigenvalue weighted by Crippen LogP contribution is 2.43. The molecule has 17 heavy (non-hydrogen) atoms. The number of nitro groups is 1. The third-order valence-corrected chi connectivity index (χ3v) is 2.74. The molecule has 0 aliphatic carbocycles. The topological polar surface area (TPSA) is 104 Å². The van der Waals surface area contributed by atoms with Crippen LogP contribution in [0, 0.1) is 17.0 Å². The first kappa shape index (κ1) is 13.5. The third-order valence-electron chi connectivity index (χ3n) is 2.74. The van der Waals surface area contributed by atoms with Crippen molar-refractivity contribution < 1.29 is 9.66 Å². The minimum Gasteiger partial charge on any atom is -0.491 e. The Bertz CT molecular complexity index is 465. The van der Waals surface area contributed by atoms with E-state index in [4.69, 9.17) is 16.2 Å². The van der Waals surface area contributed by atoms with Gasteiger partial charge in [-0.2, -0.15) is 0 Å². The summed E-state index contributed by atoms with van der Waals surface area (Å²) in [4.78, 5) is 10.6. The summed E-state index contributed by atoms with van der Waals surface area (Å²) in [7, 11) is 0. The van der Waals surface area contributed by atoms with E-state index in [9.17, 15) is 10.1 Å². The highest BCUT2D eigenvalue weighted by molar-refractivity contribution is 5.85. The van der Waals surface area contributed by atoms with E-state index >= 15 is 0 Å². The molecule has 7 heteroatoms. The predicted molar refractivity (Wildman–Crippen MR) is 66.5 cm³/mol. The van der Waals surface area contributed by atoms with Crippen LogP contribution in [0.5, 0.6) is 5.75 Å². The van der Waals surface area contributed by atoms with Crippen molar-refractivity contribution >= 4 is 23.8 Å². The number of fused-ring (bicyclic) bond motifs is 1. The summed E-state index contributed by atoms with van der Waals surface area (Å²) in [5, 5.41) is 11.0. The maximum Gasteiger partial charge on any atom is 0.280 e. The molecule has 0 bridgehead atoms. The molecule has 94 valence electrons. The molecule has 0 saturated carbocycles. The summed E-state index contributed by atoms with van der Waals surface area (Å²) < 4.78 is 5.36. The van der Waals surface area contributed by atoms with Gasteiger partial charge in [0.1, 0.15) is 0 Å². The standard InChI is InChI=1S/C10H13N3O3.ClH/c1-5-4-7(12)10-8(9(5)13(14)15)6(11)2-3-16-10;/h4,6H,2-3,11-12H2,1H3;1H/t6-;/m0./s1. The first-order valence-corrected chi connectivity index (χ1v) is 4.98. The molecular weight excluding hydrogens is 246 g/mol. The molecule has 0 fully saturated rings. The quantitative estimate of drug-likeness (QED) is 0.454. The number of aryl methyl sites for hydroxylation is 1. The molecular formula is C10H14ClN3O3. The van der Waals surface area contributed by atoms with Crippen LogP contribution in [0.25, 0.3) is 0 Å². The zero-order valence-corrected chi connectivity index (χ0v) is 10.1. The molecule has 1 aromatic rings. The smallest absolute Gasteiger partial charge is 0.280 e. The molecule has 6 nitrogen and oxygen atoms in total. The highest BCUT2D eigenvalue weighted by atomic mass is 35.5. The van der Waals surface area contributed by atoms with Crippen LogP contribution in [0.3, 0.4) is 0 Å². The van der Waals surface area contributed by atoms with E-state index in [2.05, 4.69) is 0 Å². The lowest BCUT2D eigenvalue weighted by molar-refractivity contribution is -0.386. The van der Waals surface area contributed by atoms with Gasteiger partial charge in [0.2, 0.25) is 0 Å². The van der Waals surface area contributed by atoms with Gasteiger partial charge in [0.05, 0.1) is 22.8 Å². The van der Waals surface area contributed by atoms with Crippen molar-refractivity contribution in [1.29, 1.82) is 0 Å². The van der Waals surface area contributed by atoms with Crippen molar-refractivity contribution in [3.05, 3.63) is 27.3 Å². The second-order valence-corrected chi connectivity index (χ2v) is 3.87. The van der Waals surface area contributed by atoms with Gasteiger partial charge in [-0.15, -0.1) is 12.4 Å². The number of halogens is 1. The Labute approximate surface area is 104 Å². The fourth-order valence-electron chi connectivity index (χ4n) is 2.02. The van der Waals surface area contributed by atoms with Gasteiger partial charge in [0.25, 0.3) is 5.69 Å². The van der Waals surface area contributed by atoms with E-state index < -0.39 is 4.92 Å². The van der Waals surface area contributed by atoms with Crippen LogP contribution in [0.2, 0.25) is 0 Å². The summed E-state index contributed by atoms with van der Waals surface area (Å²) in [5.41, 5.74) is 13.0. The van der Waals surface area contributed by atoms with Crippen LogP contribution in [-0.4, -0.2) is 11.5 Å². The predicted octanol–water partition coefficient (Wildman–Crippen LogP) is 1.69. The second-order valence-electron chi connectivity index (χ2n) is 3.87. The van der Waals surface area contributed by atoms with Crippen LogP contribution < -0.4 is 16.2 Å². The normalized spacial score (nSPS) is 17.6. The number of anilines is 1. The van der Waals surface area contributed by atoms with Gasteiger partial charge in [-0.1, -0.05) is 0 Å². The number of rotatable bonds is 1. The molecule has 1 aromatic carbocycles. The first-order chi connectivity index (χ1) is 7.52. The Hall–Kier alpha value is -1.53. The van der Waals surface area contributed by atoms with Crippen molar-refractivity contribution in [2.24, 2.45) is 5.73 Å². The van der Waals surface area contributed by atoms with E-state index in [0.717, 1.165) is 0 Å².